The molecule has 148 valence electrons. The molecule has 1 rings (SSSR count). The molecule has 1 aromatic carbocycles. The number of nitrogens with one attached hydrogen (secondary N) is 1. The summed E-state index contributed by atoms with van der Waals surface area (Å²) in [5.74, 6) is -1.09. The third-order valence-corrected chi connectivity index (χ3v) is 5.21. The van der Waals surface area contributed by atoms with Gasteiger partial charge >= 0.3 is 12.1 Å². The normalized spacial score (nSPS) is 14.9. The minimum Gasteiger partial charge on any atom is -0.598 e. The molecule has 9 heteroatoms. The van der Waals surface area contributed by atoms with Crippen LogP contribution >= 0.6 is 0 Å². The Balaban J connectivity index is 3.11. The van der Waals surface area contributed by atoms with Crippen molar-refractivity contribution in [3.05, 3.63) is 34.9 Å². The summed E-state index contributed by atoms with van der Waals surface area (Å²) in [4.78, 5) is 10.5. The fourth-order valence-corrected chi connectivity index (χ4v) is 2.97. The standard InChI is InChI=1S/C17H24F3NO4S/c1-11(21-26(24)16(2,3)4)12-6-5-7-14(17(18,19)20)13(12)10-25-9-8-15(22)23/h5-7,11,21H,8-10H2,1-4H3,(H,22,23)/t11-,26+/m1/s1. The van der Waals surface area contributed by atoms with Gasteiger partial charge in [0, 0.05) is 11.4 Å². The summed E-state index contributed by atoms with van der Waals surface area (Å²) >= 11 is -1.47. The van der Waals surface area contributed by atoms with E-state index in [2.05, 4.69) is 4.72 Å². The predicted molar refractivity (Wildman–Crippen MR) is 92.8 cm³/mol. The molecule has 0 aromatic heterocycles. The molecular weight excluding hydrogens is 371 g/mol. The number of carboxylic acids is 1. The van der Waals surface area contributed by atoms with Gasteiger partial charge in [-0.1, -0.05) is 12.1 Å². The zero-order valence-electron chi connectivity index (χ0n) is 15.1. The summed E-state index contributed by atoms with van der Waals surface area (Å²) in [5, 5.41) is 8.61. The number of hydrogen-bond acceptors (Lipinski definition) is 4. The first-order chi connectivity index (χ1) is 11.8. The van der Waals surface area contributed by atoms with E-state index in [0.29, 0.717) is 5.56 Å². The van der Waals surface area contributed by atoms with Gasteiger partial charge in [0.25, 0.3) is 0 Å². The van der Waals surface area contributed by atoms with Gasteiger partial charge < -0.3 is 14.4 Å². The van der Waals surface area contributed by atoms with Crippen LogP contribution in [0.4, 0.5) is 13.2 Å². The highest BCUT2D eigenvalue weighted by Gasteiger charge is 2.36. The Morgan fingerprint density at radius 1 is 1.35 bits per heavy atom. The van der Waals surface area contributed by atoms with E-state index in [1.54, 1.807) is 27.7 Å². The van der Waals surface area contributed by atoms with Gasteiger partial charge in [-0.15, -0.1) is 4.72 Å². The quantitative estimate of drug-likeness (QED) is 0.517. The first kappa shape index (κ1) is 22.8. The fourth-order valence-electron chi connectivity index (χ4n) is 2.17. The van der Waals surface area contributed by atoms with Crippen molar-refractivity contribution < 1.29 is 32.4 Å². The van der Waals surface area contributed by atoms with E-state index in [-0.39, 0.29) is 25.2 Å². The molecule has 0 unspecified atom stereocenters. The highest BCUT2D eigenvalue weighted by atomic mass is 32.2. The summed E-state index contributed by atoms with van der Waals surface area (Å²) in [6, 6.07) is 3.14. The van der Waals surface area contributed by atoms with Crippen molar-refractivity contribution in [1.29, 1.82) is 0 Å². The van der Waals surface area contributed by atoms with E-state index in [1.807, 2.05) is 0 Å². The average molecular weight is 395 g/mol. The van der Waals surface area contributed by atoms with Crippen LogP contribution in [0, 0.1) is 0 Å². The van der Waals surface area contributed by atoms with E-state index < -0.39 is 39.9 Å². The van der Waals surface area contributed by atoms with Crippen LogP contribution in [0.2, 0.25) is 0 Å². The molecule has 2 atom stereocenters. The molecule has 0 amide bonds. The first-order valence-corrected chi connectivity index (χ1v) is 9.15. The van der Waals surface area contributed by atoms with Crippen molar-refractivity contribution in [1.82, 2.24) is 4.72 Å². The number of aliphatic carboxylic acids is 1. The summed E-state index contributed by atoms with van der Waals surface area (Å²) in [6.45, 7) is 6.31. The van der Waals surface area contributed by atoms with Crippen LogP contribution in [-0.4, -0.2) is 27.0 Å². The van der Waals surface area contributed by atoms with Crippen molar-refractivity contribution in [2.24, 2.45) is 0 Å². The highest BCUT2D eigenvalue weighted by Crippen LogP contribution is 2.36. The van der Waals surface area contributed by atoms with E-state index in [4.69, 9.17) is 9.84 Å². The second kappa shape index (κ2) is 9.07. The molecular formula is C17H24F3NO4S. The lowest BCUT2D eigenvalue weighted by atomic mass is 9.97. The number of halogens is 3. The third kappa shape index (κ3) is 6.79. The maximum atomic E-state index is 13.4. The third-order valence-electron chi connectivity index (χ3n) is 3.53. The van der Waals surface area contributed by atoms with Gasteiger partial charge in [-0.05, 0) is 44.9 Å². The molecule has 0 radical (unpaired) electrons. The second-order valence-corrected chi connectivity index (χ2v) is 8.79. The molecule has 0 spiro atoms. The molecule has 0 saturated carbocycles. The van der Waals surface area contributed by atoms with Crippen LogP contribution in [0.5, 0.6) is 0 Å². The number of rotatable bonds is 8. The molecule has 26 heavy (non-hydrogen) atoms. The zero-order valence-corrected chi connectivity index (χ0v) is 16.0. The van der Waals surface area contributed by atoms with Crippen molar-refractivity contribution >= 4 is 17.3 Å². The summed E-state index contributed by atoms with van der Waals surface area (Å²) < 4.78 is 59.7. The monoisotopic (exact) mass is 395 g/mol. The molecule has 0 heterocycles. The van der Waals surface area contributed by atoms with Gasteiger partial charge in [0.05, 0.1) is 31.2 Å². The van der Waals surface area contributed by atoms with Crippen LogP contribution in [0.15, 0.2) is 18.2 Å². The van der Waals surface area contributed by atoms with Crippen molar-refractivity contribution in [3.63, 3.8) is 0 Å². The molecule has 0 fully saturated rings. The van der Waals surface area contributed by atoms with Gasteiger partial charge in [0.1, 0.15) is 4.75 Å². The van der Waals surface area contributed by atoms with E-state index in [9.17, 15) is 22.5 Å². The molecule has 0 aliphatic rings. The van der Waals surface area contributed by atoms with Crippen LogP contribution in [-0.2, 0) is 33.7 Å². The van der Waals surface area contributed by atoms with E-state index >= 15 is 0 Å². The molecule has 1 aromatic rings. The summed E-state index contributed by atoms with van der Waals surface area (Å²) in [7, 11) is 0. The Bertz CT molecular complexity index is 617. The van der Waals surface area contributed by atoms with Crippen molar-refractivity contribution in [2.75, 3.05) is 6.61 Å². The number of alkyl halides is 3. The molecule has 0 saturated heterocycles. The summed E-state index contributed by atoms with van der Waals surface area (Å²) in [5.41, 5.74) is -0.621. The van der Waals surface area contributed by atoms with Crippen LogP contribution in [0.1, 0.15) is 56.8 Å². The Morgan fingerprint density at radius 3 is 2.46 bits per heavy atom. The minimum atomic E-state index is -4.58. The Morgan fingerprint density at radius 2 is 1.96 bits per heavy atom. The highest BCUT2D eigenvalue weighted by molar-refractivity contribution is 7.90. The second-order valence-electron chi connectivity index (χ2n) is 6.79. The van der Waals surface area contributed by atoms with E-state index in [0.717, 1.165) is 6.07 Å². The van der Waals surface area contributed by atoms with Gasteiger partial charge in [-0.25, -0.2) is 0 Å². The molecule has 0 bridgehead atoms. The average Bonchev–Trinajstić information content (AvgIpc) is 2.49. The number of carbonyl (C=O) groups is 1. The lowest BCUT2D eigenvalue weighted by Crippen LogP contribution is -2.40. The largest absolute Gasteiger partial charge is 0.598 e. The number of carboxylic acid groups (broad SMARTS) is 1. The summed E-state index contributed by atoms with van der Waals surface area (Å²) in [6.07, 6.45) is -4.88. The van der Waals surface area contributed by atoms with Crippen LogP contribution < -0.4 is 4.72 Å². The van der Waals surface area contributed by atoms with Crippen LogP contribution in [0.3, 0.4) is 0 Å². The van der Waals surface area contributed by atoms with Gasteiger partial charge in [-0.3, -0.25) is 4.79 Å². The topological polar surface area (TPSA) is 81.6 Å². The zero-order chi connectivity index (χ0) is 20.1. The Labute approximate surface area is 154 Å². The Kier molecular flexibility index (Phi) is 7.94. The number of hydrogen-bond donors (Lipinski definition) is 2. The maximum Gasteiger partial charge on any atom is 0.416 e. The lowest BCUT2D eigenvalue weighted by molar-refractivity contribution is -0.140. The lowest BCUT2D eigenvalue weighted by Gasteiger charge is -2.28. The number of ether oxygens (including phenoxy) is 1. The van der Waals surface area contributed by atoms with Gasteiger partial charge in [0.15, 0.2) is 0 Å². The molecule has 0 aliphatic carbocycles. The molecule has 0 aliphatic heterocycles. The SMILES string of the molecule is C[C@@H](N[S@@+]([O-])C(C)(C)C)c1cccc(C(F)(F)F)c1COCCC(=O)O. The van der Waals surface area contributed by atoms with Gasteiger partial charge in [-0.2, -0.15) is 13.2 Å². The van der Waals surface area contributed by atoms with Gasteiger partial charge in [0.2, 0.25) is 0 Å². The minimum absolute atomic E-state index is 0.0868. The van der Waals surface area contributed by atoms with Crippen molar-refractivity contribution in [3.8, 4) is 0 Å². The fraction of sp³-hybridized carbons (Fsp3) is 0.588. The maximum absolute atomic E-state index is 13.4. The Hall–Kier alpha value is -1.29. The predicted octanol–water partition coefficient (Wildman–Crippen LogP) is 3.81. The van der Waals surface area contributed by atoms with E-state index in [1.165, 1.54) is 12.1 Å². The molecule has 2 N–H and O–H groups in total. The smallest absolute Gasteiger partial charge is 0.416 e. The molecule has 5 nitrogen and oxygen atoms in total. The van der Waals surface area contributed by atoms with Crippen molar-refractivity contribution in [2.45, 2.75) is 57.7 Å². The number of benzene rings is 1. The first-order valence-electron chi connectivity index (χ1n) is 8.00. The van der Waals surface area contributed by atoms with Crippen LogP contribution in [0.25, 0.3) is 0 Å².